The highest BCUT2D eigenvalue weighted by Crippen LogP contribution is 2.00. The fourth-order valence-corrected chi connectivity index (χ4v) is 1.32. The van der Waals surface area contributed by atoms with E-state index in [0.717, 1.165) is 19.3 Å². The van der Waals surface area contributed by atoms with E-state index in [4.69, 9.17) is 10.5 Å². The van der Waals surface area contributed by atoms with Crippen LogP contribution in [0.15, 0.2) is 0 Å². The van der Waals surface area contributed by atoms with Gasteiger partial charge in [-0.1, -0.05) is 19.8 Å². The van der Waals surface area contributed by atoms with E-state index < -0.39 is 0 Å². The molecule has 0 spiro atoms. The molecule has 1 amide bonds. The molecule has 0 aliphatic carbocycles. The topological polar surface area (TPSA) is 64.3 Å². The summed E-state index contributed by atoms with van der Waals surface area (Å²) in [5.41, 5.74) is 5.22. The second-order valence-corrected chi connectivity index (χ2v) is 3.62. The van der Waals surface area contributed by atoms with Crippen molar-refractivity contribution in [2.75, 3.05) is 13.7 Å². The molecule has 0 rings (SSSR count). The first-order chi connectivity index (χ1) is 6.61. The Bertz CT molecular complexity index is 162. The summed E-state index contributed by atoms with van der Waals surface area (Å²) in [7, 11) is 1.56. The van der Waals surface area contributed by atoms with E-state index in [-0.39, 0.29) is 11.9 Å². The number of carbonyl (C=O) groups is 1. The molecular formula is C10H22N2O2. The number of nitrogens with one attached hydrogen (secondary N) is 1. The van der Waals surface area contributed by atoms with Gasteiger partial charge in [0.2, 0.25) is 5.91 Å². The summed E-state index contributed by atoms with van der Waals surface area (Å²) in [5.74, 6) is -0.352. The van der Waals surface area contributed by atoms with Gasteiger partial charge in [-0.25, -0.2) is 0 Å². The molecule has 4 nitrogen and oxygen atoms in total. The number of ether oxygens (including phenoxy) is 1. The molecule has 2 unspecified atom stereocenters. The summed E-state index contributed by atoms with van der Waals surface area (Å²) in [6, 6.07) is -0.0607. The quantitative estimate of drug-likeness (QED) is 0.607. The van der Waals surface area contributed by atoms with Crippen LogP contribution in [-0.2, 0) is 9.53 Å². The van der Waals surface area contributed by atoms with Crippen LogP contribution in [0.2, 0.25) is 0 Å². The standard InChI is InChI=1S/C10H22N2O2/c1-4-5-6-8(2)12-9(7-14-3)10(11)13/h8-9,12H,4-7H2,1-3H3,(H2,11,13). The van der Waals surface area contributed by atoms with Crippen molar-refractivity contribution in [2.45, 2.75) is 45.2 Å². The maximum atomic E-state index is 11.0. The van der Waals surface area contributed by atoms with Crippen molar-refractivity contribution >= 4 is 5.91 Å². The highest BCUT2D eigenvalue weighted by Gasteiger charge is 2.16. The molecule has 4 heteroatoms. The van der Waals surface area contributed by atoms with E-state index in [1.165, 1.54) is 0 Å². The molecular weight excluding hydrogens is 180 g/mol. The van der Waals surface area contributed by atoms with Crippen LogP contribution in [0.25, 0.3) is 0 Å². The molecule has 0 bridgehead atoms. The van der Waals surface area contributed by atoms with Gasteiger partial charge in [0.1, 0.15) is 6.04 Å². The predicted molar refractivity (Wildman–Crippen MR) is 57.0 cm³/mol. The first-order valence-electron chi connectivity index (χ1n) is 5.16. The fourth-order valence-electron chi connectivity index (χ4n) is 1.32. The van der Waals surface area contributed by atoms with Gasteiger partial charge in [0.25, 0.3) is 0 Å². The minimum absolute atomic E-state index is 0.308. The van der Waals surface area contributed by atoms with Crippen LogP contribution < -0.4 is 11.1 Å². The highest BCUT2D eigenvalue weighted by molar-refractivity contribution is 5.80. The lowest BCUT2D eigenvalue weighted by molar-refractivity contribution is -0.121. The summed E-state index contributed by atoms with van der Waals surface area (Å²) in [6.07, 6.45) is 3.38. The molecule has 3 N–H and O–H groups in total. The molecule has 0 saturated heterocycles. The molecule has 0 aromatic carbocycles. The molecule has 14 heavy (non-hydrogen) atoms. The zero-order valence-electron chi connectivity index (χ0n) is 9.38. The second kappa shape index (κ2) is 7.76. The van der Waals surface area contributed by atoms with Gasteiger partial charge in [-0.15, -0.1) is 0 Å². The average Bonchev–Trinajstić information content (AvgIpc) is 2.14. The van der Waals surface area contributed by atoms with Crippen LogP contribution in [0.5, 0.6) is 0 Å². The number of primary amides is 1. The van der Waals surface area contributed by atoms with E-state index in [1.54, 1.807) is 7.11 Å². The lowest BCUT2D eigenvalue weighted by Gasteiger charge is -2.19. The molecule has 0 aliphatic rings. The summed E-state index contributed by atoms with van der Waals surface area (Å²) in [4.78, 5) is 11.0. The summed E-state index contributed by atoms with van der Waals surface area (Å²) in [6.45, 7) is 4.54. The summed E-state index contributed by atoms with van der Waals surface area (Å²) in [5, 5.41) is 3.15. The third-order valence-electron chi connectivity index (χ3n) is 2.15. The van der Waals surface area contributed by atoms with Gasteiger partial charge in [0.15, 0.2) is 0 Å². The SMILES string of the molecule is CCCCC(C)NC(COC)C(N)=O. The van der Waals surface area contributed by atoms with Crippen molar-refractivity contribution in [1.82, 2.24) is 5.32 Å². The maximum absolute atomic E-state index is 11.0. The summed E-state index contributed by atoms with van der Waals surface area (Å²) >= 11 is 0. The van der Waals surface area contributed by atoms with E-state index in [2.05, 4.69) is 19.2 Å². The van der Waals surface area contributed by atoms with Gasteiger partial charge < -0.3 is 15.8 Å². The Labute approximate surface area is 86.2 Å². The Kier molecular flexibility index (Phi) is 7.42. The molecule has 0 heterocycles. The number of rotatable bonds is 8. The number of amides is 1. The van der Waals surface area contributed by atoms with Crippen LogP contribution in [0.4, 0.5) is 0 Å². The van der Waals surface area contributed by atoms with Gasteiger partial charge in [-0.05, 0) is 13.3 Å². The molecule has 0 aromatic heterocycles. The number of methoxy groups -OCH3 is 1. The Morgan fingerprint density at radius 3 is 2.64 bits per heavy atom. The molecule has 84 valence electrons. The third kappa shape index (κ3) is 5.94. The first kappa shape index (κ1) is 13.4. The van der Waals surface area contributed by atoms with E-state index >= 15 is 0 Å². The van der Waals surface area contributed by atoms with Crippen molar-refractivity contribution in [1.29, 1.82) is 0 Å². The van der Waals surface area contributed by atoms with Crippen LogP contribution in [0.3, 0.4) is 0 Å². The smallest absolute Gasteiger partial charge is 0.236 e. The normalized spacial score (nSPS) is 15.1. The van der Waals surface area contributed by atoms with Gasteiger partial charge >= 0.3 is 0 Å². The zero-order valence-corrected chi connectivity index (χ0v) is 9.38. The lowest BCUT2D eigenvalue weighted by Crippen LogP contribution is -2.48. The van der Waals surface area contributed by atoms with Gasteiger partial charge in [0.05, 0.1) is 6.61 Å². The highest BCUT2D eigenvalue weighted by atomic mass is 16.5. The molecule has 0 aliphatic heterocycles. The fraction of sp³-hybridized carbons (Fsp3) is 0.900. The number of unbranched alkanes of at least 4 members (excludes halogenated alkanes) is 1. The average molecular weight is 202 g/mol. The van der Waals surface area contributed by atoms with Crippen molar-refractivity contribution in [3.05, 3.63) is 0 Å². The zero-order chi connectivity index (χ0) is 11.0. The van der Waals surface area contributed by atoms with Crippen LogP contribution in [0.1, 0.15) is 33.1 Å². The van der Waals surface area contributed by atoms with E-state index in [1.807, 2.05) is 0 Å². The van der Waals surface area contributed by atoms with E-state index in [0.29, 0.717) is 12.6 Å². The second-order valence-electron chi connectivity index (χ2n) is 3.62. The molecule has 0 fully saturated rings. The largest absolute Gasteiger partial charge is 0.383 e. The monoisotopic (exact) mass is 202 g/mol. The van der Waals surface area contributed by atoms with Crippen molar-refractivity contribution in [3.63, 3.8) is 0 Å². The Morgan fingerprint density at radius 2 is 2.21 bits per heavy atom. The number of carbonyl (C=O) groups excluding carboxylic acids is 1. The third-order valence-corrected chi connectivity index (χ3v) is 2.15. The predicted octanol–water partition coefficient (Wildman–Crippen LogP) is 0.655. The minimum Gasteiger partial charge on any atom is -0.383 e. The molecule has 0 aromatic rings. The van der Waals surface area contributed by atoms with Crippen LogP contribution >= 0.6 is 0 Å². The Morgan fingerprint density at radius 1 is 1.57 bits per heavy atom. The first-order valence-corrected chi connectivity index (χ1v) is 5.16. The number of hydrogen-bond donors (Lipinski definition) is 2. The summed E-state index contributed by atoms with van der Waals surface area (Å²) < 4.78 is 4.91. The van der Waals surface area contributed by atoms with Crippen LogP contribution in [-0.4, -0.2) is 31.7 Å². The number of hydrogen-bond acceptors (Lipinski definition) is 3. The maximum Gasteiger partial charge on any atom is 0.236 e. The number of nitrogens with two attached hydrogens (primary N) is 1. The Hall–Kier alpha value is -0.610. The lowest BCUT2D eigenvalue weighted by atomic mass is 10.1. The van der Waals surface area contributed by atoms with Gasteiger partial charge in [-0.2, -0.15) is 0 Å². The van der Waals surface area contributed by atoms with Crippen molar-refractivity contribution < 1.29 is 9.53 Å². The van der Waals surface area contributed by atoms with Crippen molar-refractivity contribution in [2.24, 2.45) is 5.73 Å². The molecule has 0 saturated carbocycles. The van der Waals surface area contributed by atoms with E-state index in [9.17, 15) is 4.79 Å². The Balaban J connectivity index is 3.83. The van der Waals surface area contributed by atoms with Gasteiger partial charge in [0, 0.05) is 13.2 Å². The van der Waals surface area contributed by atoms with Gasteiger partial charge in [-0.3, -0.25) is 4.79 Å². The van der Waals surface area contributed by atoms with Crippen LogP contribution in [0, 0.1) is 0 Å². The molecule has 2 atom stereocenters. The van der Waals surface area contributed by atoms with Crippen molar-refractivity contribution in [3.8, 4) is 0 Å². The molecule has 0 radical (unpaired) electrons. The minimum atomic E-state index is -0.369.